The second kappa shape index (κ2) is 5.23. The SMILES string of the molecule is COc1ccccc1Sc1ccc(Cl)cn1. The zero-order valence-corrected chi connectivity index (χ0v) is 10.3. The lowest BCUT2D eigenvalue weighted by molar-refractivity contribution is 0.405. The number of rotatable bonds is 3. The van der Waals surface area contributed by atoms with Crippen molar-refractivity contribution in [2.24, 2.45) is 0 Å². The van der Waals surface area contributed by atoms with Crippen molar-refractivity contribution in [3.8, 4) is 5.75 Å². The Kier molecular flexibility index (Phi) is 3.70. The number of ether oxygens (including phenoxy) is 1. The van der Waals surface area contributed by atoms with Gasteiger partial charge >= 0.3 is 0 Å². The number of pyridine rings is 1. The van der Waals surface area contributed by atoms with Crippen LogP contribution in [0, 0.1) is 0 Å². The van der Waals surface area contributed by atoms with Crippen LogP contribution < -0.4 is 4.74 Å². The van der Waals surface area contributed by atoms with E-state index < -0.39 is 0 Å². The summed E-state index contributed by atoms with van der Waals surface area (Å²) in [5.41, 5.74) is 0. The zero-order valence-electron chi connectivity index (χ0n) is 8.68. The summed E-state index contributed by atoms with van der Waals surface area (Å²) in [6.07, 6.45) is 1.64. The third-order valence-electron chi connectivity index (χ3n) is 1.98. The van der Waals surface area contributed by atoms with Crippen LogP contribution >= 0.6 is 23.4 Å². The van der Waals surface area contributed by atoms with Gasteiger partial charge in [0.25, 0.3) is 0 Å². The van der Waals surface area contributed by atoms with E-state index in [1.165, 1.54) is 0 Å². The molecule has 16 heavy (non-hydrogen) atoms. The van der Waals surface area contributed by atoms with Gasteiger partial charge in [0.1, 0.15) is 10.8 Å². The molecule has 4 heteroatoms. The molecule has 0 saturated carbocycles. The molecule has 0 unspecified atom stereocenters. The molecule has 0 bridgehead atoms. The Balaban J connectivity index is 2.23. The molecular weight excluding hydrogens is 242 g/mol. The highest BCUT2D eigenvalue weighted by molar-refractivity contribution is 7.99. The molecule has 0 aliphatic carbocycles. The lowest BCUT2D eigenvalue weighted by Gasteiger charge is -2.06. The Morgan fingerprint density at radius 1 is 1.19 bits per heavy atom. The van der Waals surface area contributed by atoms with E-state index >= 15 is 0 Å². The smallest absolute Gasteiger partial charge is 0.132 e. The second-order valence-electron chi connectivity index (χ2n) is 3.07. The molecule has 0 fully saturated rings. The van der Waals surface area contributed by atoms with Crippen molar-refractivity contribution in [3.05, 3.63) is 47.6 Å². The minimum absolute atomic E-state index is 0.643. The van der Waals surface area contributed by atoms with Gasteiger partial charge in [-0.2, -0.15) is 0 Å². The number of halogens is 1. The predicted octanol–water partition coefficient (Wildman–Crippen LogP) is 3.89. The molecule has 0 aliphatic rings. The summed E-state index contributed by atoms with van der Waals surface area (Å²) in [5, 5.41) is 1.54. The molecule has 1 aromatic heterocycles. The first-order chi connectivity index (χ1) is 7.79. The van der Waals surface area contributed by atoms with Crippen molar-refractivity contribution in [1.29, 1.82) is 0 Å². The molecule has 0 radical (unpaired) electrons. The van der Waals surface area contributed by atoms with E-state index in [2.05, 4.69) is 4.98 Å². The third-order valence-corrected chi connectivity index (χ3v) is 3.22. The fraction of sp³-hybridized carbons (Fsp3) is 0.0833. The molecule has 0 aliphatic heterocycles. The molecule has 1 heterocycles. The monoisotopic (exact) mass is 251 g/mol. The number of aromatic nitrogens is 1. The van der Waals surface area contributed by atoms with Crippen molar-refractivity contribution in [2.45, 2.75) is 9.92 Å². The van der Waals surface area contributed by atoms with E-state index in [0.29, 0.717) is 5.02 Å². The number of hydrogen-bond donors (Lipinski definition) is 0. The maximum Gasteiger partial charge on any atom is 0.132 e. The largest absolute Gasteiger partial charge is 0.496 e. The van der Waals surface area contributed by atoms with E-state index in [4.69, 9.17) is 16.3 Å². The summed E-state index contributed by atoms with van der Waals surface area (Å²) in [6, 6.07) is 11.6. The lowest BCUT2D eigenvalue weighted by atomic mass is 10.3. The molecular formula is C12H10ClNOS. The first-order valence-electron chi connectivity index (χ1n) is 4.72. The van der Waals surface area contributed by atoms with Crippen LogP contribution in [0.15, 0.2) is 52.5 Å². The summed E-state index contributed by atoms with van der Waals surface area (Å²) >= 11 is 7.33. The average molecular weight is 252 g/mol. The molecule has 2 aromatic rings. The fourth-order valence-electron chi connectivity index (χ4n) is 1.24. The number of para-hydroxylation sites is 1. The molecule has 2 rings (SSSR count). The number of benzene rings is 1. The minimum atomic E-state index is 0.643. The van der Waals surface area contributed by atoms with Gasteiger partial charge in [0.2, 0.25) is 0 Å². The van der Waals surface area contributed by atoms with Crippen molar-refractivity contribution in [3.63, 3.8) is 0 Å². The van der Waals surface area contributed by atoms with Crippen LogP contribution in [-0.2, 0) is 0 Å². The highest BCUT2D eigenvalue weighted by Crippen LogP contribution is 2.33. The van der Waals surface area contributed by atoms with Crippen LogP contribution in [0.3, 0.4) is 0 Å². The normalized spacial score (nSPS) is 10.1. The van der Waals surface area contributed by atoms with Crippen LogP contribution in [-0.4, -0.2) is 12.1 Å². The lowest BCUT2D eigenvalue weighted by Crippen LogP contribution is -1.86. The van der Waals surface area contributed by atoms with Gasteiger partial charge < -0.3 is 4.74 Å². The quantitative estimate of drug-likeness (QED) is 0.826. The Bertz CT molecular complexity index is 473. The maximum absolute atomic E-state index is 5.78. The van der Waals surface area contributed by atoms with Gasteiger partial charge in [-0.05, 0) is 24.3 Å². The molecule has 0 saturated heterocycles. The second-order valence-corrected chi connectivity index (χ2v) is 4.57. The van der Waals surface area contributed by atoms with Crippen LogP contribution in [0.2, 0.25) is 5.02 Å². The van der Waals surface area contributed by atoms with Gasteiger partial charge in [-0.15, -0.1) is 0 Å². The highest BCUT2D eigenvalue weighted by atomic mass is 35.5. The topological polar surface area (TPSA) is 22.1 Å². The molecule has 1 aromatic carbocycles. The molecule has 0 N–H and O–H groups in total. The van der Waals surface area contributed by atoms with E-state index in [1.54, 1.807) is 25.1 Å². The summed E-state index contributed by atoms with van der Waals surface area (Å²) in [7, 11) is 1.66. The molecule has 2 nitrogen and oxygen atoms in total. The van der Waals surface area contributed by atoms with Crippen molar-refractivity contribution in [2.75, 3.05) is 7.11 Å². The Hall–Kier alpha value is -1.19. The van der Waals surface area contributed by atoms with Crippen LogP contribution in [0.5, 0.6) is 5.75 Å². The van der Waals surface area contributed by atoms with Gasteiger partial charge in [-0.25, -0.2) is 4.98 Å². The highest BCUT2D eigenvalue weighted by Gasteiger charge is 2.04. The van der Waals surface area contributed by atoms with Crippen LogP contribution in [0.4, 0.5) is 0 Å². The summed E-state index contributed by atoms with van der Waals surface area (Å²) in [5.74, 6) is 0.851. The Morgan fingerprint density at radius 3 is 2.69 bits per heavy atom. The molecule has 82 valence electrons. The van der Waals surface area contributed by atoms with E-state index in [1.807, 2.05) is 36.4 Å². The number of nitrogens with zero attached hydrogens (tertiary/aromatic N) is 1. The average Bonchev–Trinajstić information content (AvgIpc) is 2.33. The standard InChI is InChI=1S/C12H10ClNOS/c1-15-10-4-2-3-5-11(10)16-12-7-6-9(13)8-14-12/h2-8H,1H3. The summed E-state index contributed by atoms with van der Waals surface area (Å²) in [6.45, 7) is 0. The third kappa shape index (κ3) is 2.68. The first-order valence-corrected chi connectivity index (χ1v) is 5.91. The van der Waals surface area contributed by atoms with Gasteiger partial charge in [-0.3, -0.25) is 0 Å². The van der Waals surface area contributed by atoms with Crippen LogP contribution in [0.25, 0.3) is 0 Å². The summed E-state index contributed by atoms with van der Waals surface area (Å²) in [4.78, 5) is 5.27. The zero-order chi connectivity index (χ0) is 11.4. The molecule has 0 amide bonds. The molecule has 0 spiro atoms. The maximum atomic E-state index is 5.78. The van der Waals surface area contributed by atoms with Crippen molar-refractivity contribution in [1.82, 2.24) is 4.98 Å². The van der Waals surface area contributed by atoms with Gasteiger partial charge in [0.15, 0.2) is 0 Å². The molecule has 0 atom stereocenters. The first kappa shape index (κ1) is 11.3. The Morgan fingerprint density at radius 2 is 2.00 bits per heavy atom. The van der Waals surface area contributed by atoms with Gasteiger partial charge in [-0.1, -0.05) is 35.5 Å². The summed E-state index contributed by atoms with van der Waals surface area (Å²) < 4.78 is 5.27. The number of hydrogen-bond acceptors (Lipinski definition) is 3. The minimum Gasteiger partial charge on any atom is -0.496 e. The predicted molar refractivity (Wildman–Crippen MR) is 66.4 cm³/mol. The van der Waals surface area contributed by atoms with E-state index in [0.717, 1.165) is 15.7 Å². The van der Waals surface area contributed by atoms with Gasteiger partial charge in [0.05, 0.1) is 17.0 Å². The van der Waals surface area contributed by atoms with E-state index in [9.17, 15) is 0 Å². The van der Waals surface area contributed by atoms with Gasteiger partial charge in [0, 0.05) is 6.20 Å². The fourth-order valence-corrected chi connectivity index (χ4v) is 2.22. The number of methoxy groups -OCH3 is 1. The van der Waals surface area contributed by atoms with E-state index in [-0.39, 0.29) is 0 Å². The van der Waals surface area contributed by atoms with Crippen molar-refractivity contribution >= 4 is 23.4 Å². The van der Waals surface area contributed by atoms with Crippen LogP contribution in [0.1, 0.15) is 0 Å². The van der Waals surface area contributed by atoms with Crippen molar-refractivity contribution < 1.29 is 4.74 Å². The Labute approximate surface area is 104 Å².